The third-order valence-corrected chi connectivity index (χ3v) is 6.10. The Labute approximate surface area is 124 Å². The van der Waals surface area contributed by atoms with E-state index in [4.69, 9.17) is 14.2 Å². The molecule has 2 bridgehead atoms. The molecule has 0 N–H and O–H groups in total. The molecule has 1 aliphatic heterocycles. The predicted octanol–water partition coefficient (Wildman–Crippen LogP) is 1.68. The quantitative estimate of drug-likeness (QED) is 0.741. The highest BCUT2D eigenvalue weighted by Crippen LogP contribution is 2.59. The molecule has 6 unspecified atom stereocenters. The molecule has 4 aliphatic rings. The second-order valence-corrected chi connectivity index (χ2v) is 7.29. The van der Waals surface area contributed by atoms with Crippen molar-refractivity contribution in [3.63, 3.8) is 0 Å². The first-order valence-electron chi connectivity index (χ1n) is 8.00. The number of esters is 2. The Balaban J connectivity index is 1.57. The van der Waals surface area contributed by atoms with E-state index in [1.54, 1.807) is 7.11 Å². The molecule has 1 heterocycles. The monoisotopic (exact) mass is 294 g/mol. The Hall–Kier alpha value is -1.10. The maximum Gasteiger partial charge on any atom is 0.310 e. The van der Waals surface area contributed by atoms with E-state index in [9.17, 15) is 9.59 Å². The summed E-state index contributed by atoms with van der Waals surface area (Å²) in [6.07, 6.45) is 4.60. The van der Waals surface area contributed by atoms with Crippen LogP contribution < -0.4 is 0 Å². The number of rotatable bonds is 3. The maximum absolute atomic E-state index is 12.7. The van der Waals surface area contributed by atoms with Crippen molar-refractivity contribution >= 4 is 11.9 Å². The van der Waals surface area contributed by atoms with Gasteiger partial charge in [0.15, 0.2) is 0 Å². The zero-order valence-corrected chi connectivity index (χ0v) is 12.5. The van der Waals surface area contributed by atoms with Gasteiger partial charge in [-0.3, -0.25) is 9.59 Å². The number of methoxy groups -OCH3 is 1. The number of hydrogen-bond donors (Lipinski definition) is 0. The van der Waals surface area contributed by atoms with Gasteiger partial charge in [-0.2, -0.15) is 0 Å². The number of fused-ring (bicyclic) bond motifs is 1. The van der Waals surface area contributed by atoms with Gasteiger partial charge in [0.2, 0.25) is 0 Å². The van der Waals surface area contributed by atoms with E-state index in [2.05, 4.69) is 0 Å². The fourth-order valence-corrected chi connectivity index (χ4v) is 5.16. The molecule has 0 radical (unpaired) electrons. The van der Waals surface area contributed by atoms with Crippen molar-refractivity contribution in [1.29, 1.82) is 0 Å². The molecule has 4 rings (SSSR count). The normalized spacial score (nSPS) is 45.9. The molecule has 0 aromatic heterocycles. The van der Waals surface area contributed by atoms with Crippen molar-refractivity contribution in [3.8, 4) is 0 Å². The van der Waals surface area contributed by atoms with Crippen LogP contribution in [0, 0.1) is 23.7 Å². The first-order chi connectivity index (χ1) is 10.0. The Morgan fingerprint density at radius 3 is 2.67 bits per heavy atom. The number of hydrogen-bond acceptors (Lipinski definition) is 5. The summed E-state index contributed by atoms with van der Waals surface area (Å²) in [4.78, 5) is 24.8. The van der Waals surface area contributed by atoms with Crippen LogP contribution in [-0.2, 0) is 23.8 Å². The molecule has 4 fully saturated rings. The van der Waals surface area contributed by atoms with E-state index in [0.717, 1.165) is 32.1 Å². The minimum Gasteiger partial charge on any atom is -0.459 e. The fourth-order valence-electron chi connectivity index (χ4n) is 5.16. The molecule has 3 saturated carbocycles. The van der Waals surface area contributed by atoms with Crippen LogP contribution in [0.25, 0.3) is 0 Å². The molecular weight excluding hydrogens is 272 g/mol. The third kappa shape index (κ3) is 1.79. The van der Waals surface area contributed by atoms with Crippen molar-refractivity contribution < 1.29 is 23.8 Å². The van der Waals surface area contributed by atoms with Crippen LogP contribution >= 0.6 is 0 Å². The van der Waals surface area contributed by atoms with Gasteiger partial charge in [-0.1, -0.05) is 0 Å². The average molecular weight is 294 g/mol. The van der Waals surface area contributed by atoms with Crippen LogP contribution in [0.5, 0.6) is 0 Å². The van der Waals surface area contributed by atoms with E-state index in [1.165, 1.54) is 0 Å². The highest BCUT2D eigenvalue weighted by Gasteiger charge is 2.69. The average Bonchev–Trinajstić information content (AvgIpc) is 3.13. The summed E-state index contributed by atoms with van der Waals surface area (Å²) in [6, 6.07) is 0. The summed E-state index contributed by atoms with van der Waals surface area (Å²) in [5.74, 6) is -0.908. The number of ether oxygens (including phenoxy) is 3. The van der Waals surface area contributed by atoms with Crippen molar-refractivity contribution in [2.45, 2.75) is 56.8 Å². The lowest BCUT2D eigenvalue weighted by atomic mass is 9.78. The molecule has 21 heavy (non-hydrogen) atoms. The molecule has 116 valence electrons. The van der Waals surface area contributed by atoms with Gasteiger partial charge in [0.1, 0.15) is 11.7 Å². The number of carbonyl (C=O) groups excluding carboxylic acids is 2. The van der Waals surface area contributed by atoms with Crippen molar-refractivity contribution in [1.82, 2.24) is 0 Å². The molecule has 0 aromatic carbocycles. The van der Waals surface area contributed by atoms with Gasteiger partial charge in [0.25, 0.3) is 0 Å². The van der Waals surface area contributed by atoms with E-state index in [0.29, 0.717) is 0 Å². The zero-order chi connectivity index (χ0) is 14.8. The summed E-state index contributed by atoms with van der Waals surface area (Å²) in [5, 5.41) is 0. The summed E-state index contributed by atoms with van der Waals surface area (Å²) in [7, 11) is 1.63. The molecule has 0 aromatic rings. The van der Waals surface area contributed by atoms with Crippen LogP contribution in [0.4, 0.5) is 0 Å². The second kappa shape index (κ2) is 4.45. The Morgan fingerprint density at radius 2 is 2.00 bits per heavy atom. The lowest BCUT2D eigenvalue weighted by molar-refractivity contribution is -0.169. The minimum atomic E-state index is -0.372. The molecule has 0 amide bonds. The topological polar surface area (TPSA) is 61.8 Å². The summed E-state index contributed by atoms with van der Waals surface area (Å²) >= 11 is 0. The standard InChI is InChI=1S/C16H22O5/c1-16(5-3-4-6-16)21-15(18)11-8-7-9-10(11)14(17)20-13(9)12(8)19-2/h8-13H,3-7H2,1-2H3. The minimum absolute atomic E-state index is 0.0685. The highest BCUT2D eigenvalue weighted by molar-refractivity contribution is 5.86. The van der Waals surface area contributed by atoms with Crippen molar-refractivity contribution in [2.24, 2.45) is 23.7 Å². The van der Waals surface area contributed by atoms with Gasteiger partial charge in [-0.05, 0) is 39.0 Å². The van der Waals surface area contributed by atoms with Crippen LogP contribution in [0.15, 0.2) is 0 Å². The van der Waals surface area contributed by atoms with Crippen LogP contribution in [-0.4, -0.2) is 36.9 Å². The van der Waals surface area contributed by atoms with E-state index < -0.39 is 0 Å². The third-order valence-electron chi connectivity index (χ3n) is 6.10. The van der Waals surface area contributed by atoms with Gasteiger partial charge in [-0.15, -0.1) is 0 Å². The van der Waals surface area contributed by atoms with E-state index >= 15 is 0 Å². The number of carbonyl (C=O) groups is 2. The Kier molecular flexibility index (Phi) is 2.87. The SMILES string of the molecule is COC1C2CC3C1OC(=O)C3C2C(=O)OC1(C)CCCC1. The van der Waals surface area contributed by atoms with Crippen molar-refractivity contribution in [3.05, 3.63) is 0 Å². The van der Waals surface area contributed by atoms with E-state index in [-0.39, 0.29) is 53.4 Å². The highest BCUT2D eigenvalue weighted by atomic mass is 16.6. The van der Waals surface area contributed by atoms with Gasteiger partial charge >= 0.3 is 11.9 Å². The first-order valence-corrected chi connectivity index (χ1v) is 8.00. The van der Waals surface area contributed by atoms with Gasteiger partial charge in [-0.25, -0.2) is 0 Å². The zero-order valence-electron chi connectivity index (χ0n) is 12.5. The van der Waals surface area contributed by atoms with Crippen LogP contribution in [0.1, 0.15) is 39.0 Å². The summed E-state index contributed by atoms with van der Waals surface area (Å²) < 4.78 is 16.8. The van der Waals surface area contributed by atoms with E-state index in [1.807, 2.05) is 6.92 Å². The molecule has 0 spiro atoms. The van der Waals surface area contributed by atoms with Gasteiger partial charge in [0.05, 0.1) is 17.9 Å². The second-order valence-electron chi connectivity index (χ2n) is 7.29. The Bertz CT molecular complexity index is 481. The lowest BCUT2D eigenvalue weighted by Gasteiger charge is -2.32. The van der Waals surface area contributed by atoms with Crippen LogP contribution in [0.2, 0.25) is 0 Å². The predicted molar refractivity (Wildman–Crippen MR) is 72.2 cm³/mol. The van der Waals surface area contributed by atoms with Gasteiger partial charge in [0, 0.05) is 18.9 Å². The first kappa shape index (κ1) is 13.6. The lowest BCUT2D eigenvalue weighted by Crippen LogP contribution is -2.44. The summed E-state index contributed by atoms with van der Waals surface area (Å²) in [6.45, 7) is 2.01. The van der Waals surface area contributed by atoms with Crippen LogP contribution in [0.3, 0.4) is 0 Å². The molecule has 1 saturated heterocycles. The molecule has 6 atom stereocenters. The smallest absolute Gasteiger partial charge is 0.310 e. The van der Waals surface area contributed by atoms with Gasteiger partial charge < -0.3 is 14.2 Å². The molecule has 5 heteroatoms. The fraction of sp³-hybridized carbons (Fsp3) is 0.875. The maximum atomic E-state index is 12.7. The molecule has 3 aliphatic carbocycles. The van der Waals surface area contributed by atoms with Crippen molar-refractivity contribution in [2.75, 3.05) is 7.11 Å². The largest absolute Gasteiger partial charge is 0.459 e. The Morgan fingerprint density at radius 1 is 1.29 bits per heavy atom. The molecular formula is C16H22O5. The summed E-state index contributed by atoms with van der Waals surface area (Å²) in [5.41, 5.74) is -0.344. The molecule has 5 nitrogen and oxygen atoms in total.